The molecule has 5 nitrogen and oxygen atoms in total. The van der Waals surface area contributed by atoms with E-state index in [-0.39, 0.29) is 6.61 Å². The van der Waals surface area contributed by atoms with Gasteiger partial charge in [-0.2, -0.15) is 0 Å². The van der Waals surface area contributed by atoms with Crippen LogP contribution in [0, 0.1) is 6.92 Å². The van der Waals surface area contributed by atoms with Crippen LogP contribution < -0.4 is 9.47 Å². The van der Waals surface area contributed by atoms with Crippen LogP contribution in [0.2, 0.25) is 0 Å². The van der Waals surface area contributed by atoms with Crippen LogP contribution in [0.4, 0.5) is 0 Å². The fraction of sp³-hybridized carbons (Fsp3) is 0.182. The second-order valence-corrected chi connectivity index (χ2v) is 6.10. The second-order valence-electron chi connectivity index (χ2n) is 6.10. The SMILES string of the molecule is Cc1cccc(COc2cccc(OCCc3ccccn3)c2)c1C(=O)O. The van der Waals surface area contributed by atoms with Gasteiger partial charge in [0.25, 0.3) is 0 Å². The third-order valence-electron chi connectivity index (χ3n) is 4.13. The Balaban J connectivity index is 1.60. The third-order valence-corrected chi connectivity index (χ3v) is 4.13. The van der Waals surface area contributed by atoms with Crippen LogP contribution in [-0.4, -0.2) is 22.7 Å². The van der Waals surface area contributed by atoms with E-state index in [0.29, 0.717) is 29.2 Å². The first kappa shape index (κ1) is 18.5. The number of aromatic carboxylic acids is 1. The largest absolute Gasteiger partial charge is 0.493 e. The van der Waals surface area contributed by atoms with E-state index in [0.717, 1.165) is 17.7 Å². The summed E-state index contributed by atoms with van der Waals surface area (Å²) in [4.78, 5) is 15.7. The number of nitrogens with zero attached hydrogens (tertiary/aromatic N) is 1. The highest BCUT2D eigenvalue weighted by Gasteiger charge is 2.13. The van der Waals surface area contributed by atoms with Gasteiger partial charge in [0.2, 0.25) is 0 Å². The number of carboxylic acid groups (broad SMARTS) is 1. The maximum atomic E-state index is 11.5. The van der Waals surface area contributed by atoms with Crippen molar-refractivity contribution in [1.82, 2.24) is 4.98 Å². The predicted octanol–water partition coefficient (Wildman–Crippen LogP) is 4.29. The number of pyridine rings is 1. The summed E-state index contributed by atoms with van der Waals surface area (Å²) in [5.74, 6) is 0.382. The normalized spacial score (nSPS) is 10.4. The molecule has 0 unspecified atom stereocenters. The van der Waals surface area contributed by atoms with Crippen molar-refractivity contribution in [3.8, 4) is 11.5 Å². The lowest BCUT2D eigenvalue weighted by molar-refractivity contribution is 0.0693. The maximum Gasteiger partial charge on any atom is 0.336 e. The number of hydrogen-bond acceptors (Lipinski definition) is 4. The van der Waals surface area contributed by atoms with E-state index in [9.17, 15) is 9.90 Å². The number of aryl methyl sites for hydroxylation is 1. The summed E-state index contributed by atoms with van der Waals surface area (Å²) in [5.41, 5.74) is 2.63. The van der Waals surface area contributed by atoms with E-state index in [2.05, 4.69) is 4.98 Å². The molecule has 138 valence electrons. The molecule has 0 aliphatic carbocycles. The molecule has 2 aromatic carbocycles. The van der Waals surface area contributed by atoms with Crippen LogP contribution in [0.25, 0.3) is 0 Å². The van der Waals surface area contributed by atoms with Crippen LogP contribution in [0.3, 0.4) is 0 Å². The van der Waals surface area contributed by atoms with Crippen molar-refractivity contribution >= 4 is 5.97 Å². The number of carbonyl (C=O) groups is 1. The average Bonchev–Trinajstić information content (AvgIpc) is 2.67. The van der Waals surface area contributed by atoms with Gasteiger partial charge in [0.15, 0.2) is 0 Å². The zero-order valence-corrected chi connectivity index (χ0v) is 15.1. The van der Waals surface area contributed by atoms with Gasteiger partial charge in [0.05, 0.1) is 12.2 Å². The first-order valence-corrected chi connectivity index (χ1v) is 8.71. The molecule has 1 heterocycles. The topological polar surface area (TPSA) is 68.7 Å². The highest BCUT2D eigenvalue weighted by molar-refractivity contribution is 5.91. The van der Waals surface area contributed by atoms with E-state index in [1.54, 1.807) is 31.3 Å². The summed E-state index contributed by atoms with van der Waals surface area (Å²) in [6, 6.07) is 18.5. The number of rotatable bonds is 8. The van der Waals surface area contributed by atoms with Crippen molar-refractivity contribution in [2.24, 2.45) is 0 Å². The van der Waals surface area contributed by atoms with Crippen molar-refractivity contribution < 1.29 is 19.4 Å². The minimum atomic E-state index is -0.946. The van der Waals surface area contributed by atoms with E-state index in [4.69, 9.17) is 9.47 Å². The zero-order chi connectivity index (χ0) is 19.1. The lowest BCUT2D eigenvalue weighted by Gasteiger charge is -2.12. The van der Waals surface area contributed by atoms with Gasteiger partial charge in [0.1, 0.15) is 18.1 Å². The van der Waals surface area contributed by atoms with E-state index >= 15 is 0 Å². The van der Waals surface area contributed by atoms with E-state index < -0.39 is 5.97 Å². The summed E-state index contributed by atoms with van der Waals surface area (Å²) < 4.78 is 11.6. The lowest BCUT2D eigenvalue weighted by atomic mass is 10.0. The molecule has 0 atom stereocenters. The Morgan fingerprint density at radius 1 is 1.00 bits per heavy atom. The molecule has 0 saturated heterocycles. The van der Waals surface area contributed by atoms with Gasteiger partial charge in [-0.15, -0.1) is 0 Å². The van der Waals surface area contributed by atoms with Gasteiger partial charge >= 0.3 is 5.97 Å². The fourth-order valence-electron chi connectivity index (χ4n) is 2.79. The Labute approximate surface area is 158 Å². The van der Waals surface area contributed by atoms with Crippen LogP contribution in [0.5, 0.6) is 11.5 Å². The molecule has 1 aromatic heterocycles. The lowest BCUT2D eigenvalue weighted by Crippen LogP contribution is -2.08. The summed E-state index contributed by atoms with van der Waals surface area (Å²) in [6.07, 6.45) is 2.48. The van der Waals surface area contributed by atoms with Crippen molar-refractivity contribution in [2.75, 3.05) is 6.61 Å². The fourth-order valence-corrected chi connectivity index (χ4v) is 2.79. The smallest absolute Gasteiger partial charge is 0.336 e. The standard InChI is InChI=1S/C22H21NO4/c1-16-6-4-7-17(21(16)22(24)25)15-27-20-10-5-9-19(14-20)26-13-11-18-8-2-3-12-23-18/h2-10,12,14H,11,13,15H2,1H3,(H,24,25). The van der Waals surface area contributed by atoms with Crippen molar-refractivity contribution in [1.29, 1.82) is 0 Å². The Morgan fingerprint density at radius 2 is 1.78 bits per heavy atom. The van der Waals surface area contributed by atoms with Crippen LogP contribution >= 0.6 is 0 Å². The molecule has 0 saturated carbocycles. The highest BCUT2D eigenvalue weighted by atomic mass is 16.5. The first-order valence-electron chi connectivity index (χ1n) is 8.71. The molecule has 0 radical (unpaired) electrons. The molecule has 0 spiro atoms. The van der Waals surface area contributed by atoms with Gasteiger partial charge in [-0.25, -0.2) is 4.79 Å². The highest BCUT2D eigenvalue weighted by Crippen LogP contribution is 2.22. The minimum absolute atomic E-state index is 0.181. The number of benzene rings is 2. The van der Waals surface area contributed by atoms with Gasteiger partial charge in [-0.1, -0.05) is 30.3 Å². The molecule has 0 aliphatic heterocycles. The predicted molar refractivity (Wildman–Crippen MR) is 102 cm³/mol. The molecule has 5 heteroatoms. The van der Waals surface area contributed by atoms with Crippen molar-refractivity contribution in [2.45, 2.75) is 20.0 Å². The van der Waals surface area contributed by atoms with Gasteiger partial charge in [0, 0.05) is 29.9 Å². The number of aromatic nitrogens is 1. The van der Waals surface area contributed by atoms with Crippen LogP contribution in [0.1, 0.15) is 27.2 Å². The summed E-state index contributed by atoms with van der Waals surface area (Å²) in [7, 11) is 0. The van der Waals surface area contributed by atoms with Crippen molar-refractivity contribution in [3.05, 3.63) is 89.2 Å². The van der Waals surface area contributed by atoms with Crippen LogP contribution in [-0.2, 0) is 13.0 Å². The third kappa shape index (κ3) is 5.07. The maximum absolute atomic E-state index is 11.5. The molecular weight excluding hydrogens is 342 g/mol. The van der Waals surface area contributed by atoms with E-state index in [1.165, 1.54) is 0 Å². The summed E-state index contributed by atoms with van der Waals surface area (Å²) in [6.45, 7) is 2.48. The molecule has 0 amide bonds. The quantitative estimate of drug-likeness (QED) is 0.647. The molecule has 3 rings (SSSR count). The monoisotopic (exact) mass is 363 g/mol. The number of carboxylic acids is 1. The van der Waals surface area contributed by atoms with E-state index in [1.807, 2.05) is 42.5 Å². The number of hydrogen-bond donors (Lipinski definition) is 1. The zero-order valence-electron chi connectivity index (χ0n) is 15.1. The second kappa shape index (κ2) is 8.85. The number of ether oxygens (including phenoxy) is 2. The minimum Gasteiger partial charge on any atom is -0.493 e. The molecule has 0 aliphatic rings. The molecule has 0 fully saturated rings. The molecular formula is C22H21NO4. The molecule has 27 heavy (non-hydrogen) atoms. The Hall–Kier alpha value is -3.34. The van der Waals surface area contributed by atoms with Crippen LogP contribution in [0.15, 0.2) is 66.9 Å². The van der Waals surface area contributed by atoms with Crippen molar-refractivity contribution in [3.63, 3.8) is 0 Å². The summed E-state index contributed by atoms with van der Waals surface area (Å²) >= 11 is 0. The van der Waals surface area contributed by atoms with Gasteiger partial charge in [-0.05, 0) is 36.8 Å². The first-order chi connectivity index (χ1) is 13.1. The Kier molecular flexibility index (Phi) is 6.05. The Morgan fingerprint density at radius 3 is 2.52 bits per heavy atom. The molecule has 0 bridgehead atoms. The molecule has 3 aromatic rings. The average molecular weight is 363 g/mol. The summed E-state index contributed by atoms with van der Waals surface area (Å²) in [5, 5.41) is 9.40. The van der Waals surface area contributed by atoms with Gasteiger partial charge < -0.3 is 14.6 Å². The Bertz CT molecular complexity index is 909. The molecule has 1 N–H and O–H groups in total. The van der Waals surface area contributed by atoms with Gasteiger partial charge in [-0.3, -0.25) is 4.98 Å².